The van der Waals surface area contributed by atoms with E-state index in [0.29, 0.717) is 6.07 Å². The Hall–Kier alpha value is -2.77. The number of nitrogens with zero attached hydrogens (tertiary/aromatic N) is 2. The van der Waals surface area contributed by atoms with Crippen molar-refractivity contribution in [3.8, 4) is 0 Å². The zero-order valence-corrected chi connectivity index (χ0v) is 9.34. The maximum absolute atomic E-state index is 13.2. The fourth-order valence-corrected chi connectivity index (χ4v) is 1.26. The lowest BCUT2D eigenvalue weighted by Gasteiger charge is -2.00. The number of anilines is 1. The minimum absolute atomic E-state index is 0.0290. The summed E-state index contributed by atoms with van der Waals surface area (Å²) in [4.78, 5) is 9.66. The van der Waals surface area contributed by atoms with Crippen molar-refractivity contribution in [3.05, 3.63) is 57.8 Å². The van der Waals surface area contributed by atoms with Gasteiger partial charge in [0.05, 0.1) is 18.0 Å². The second-order valence-electron chi connectivity index (χ2n) is 3.43. The highest BCUT2D eigenvalue weighted by molar-refractivity contribution is 5.77. The van der Waals surface area contributed by atoms with Gasteiger partial charge in [0.1, 0.15) is 10.7 Å². The smallest absolute Gasteiger partial charge is 0.400 e. The summed E-state index contributed by atoms with van der Waals surface area (Å²) in [7, 11) is 0. The summed E-state index contributed by atoms with van der Waals surface area (Å²) in [5.74, 6) is -1.80. The molecule has 0 radical (unpaired) electrons. The third-order valence-corrected chi connectivity index (χ3v) is 2.10. The van der Waals surface area contributed by atoms with Gasteiger partial charge in [-0.05, 0) is 18.2 Å². The molecule has 0 saturated heterocycles. The van der Waals surface area contributed by atoms with Crippen molar-refractivity contribution in [2.24, 2.45) is 5.10 Å². The molecule has 0 unspecified atom stereocenters. The molecule has 1 aromatic carbocycles. The Morgan fingerprint density at radius 1 is 1.32 bits per heavy atom. The Kier molecular flexibility index (Phi) is 3.51. The first kappa shape index (κ1) is 12.7. The van der Waals surface area contributed by atoms with Gasteiger partial charge in [0.2, 0.25) is 0 Å². The van der Waals surface area contributed by atoms with Crippen molar-refractivity contribution in [3.63, 3.8) is 0 Å². The van der Waals surface area contributed by atoms with Crippen molar-refractivity contribution >= 4 is 17.8 Å². The minimum atomic E-state index is -0.803. The molecule has 8 heteroatoms. The van der Waals surface area contributed by atoms with Crippen LogP contribution in [0.2, 0.25) is 0 Å². The average molecular weight is 267 g/mol. The summed E-state index contributed by atoms with van der Waals surface area (Å²) in [5.41, 5.74) is 2.30. The highest BCUT2D eigenvalue weighted by Gasteiger charge is 2.10. The van der Waals surface area contributed by atoms with Crippen LogP contribution in [0.5, 0.6) is 0 Å². The molecule has 0 fully saturated rings. The summed E-state index contributed by atoms with van der Waals surface area (Å²) in [6, 6.07) is 5.45. The van der Waals surface area contributed by atoms with Crippen molar-refractivity contribution in [1.29, 1.82) is 0 Å². The average Bonchev–Trinajstić information content (AvgIpc) is 2.81. The molecule has 1 heterocycles. The minimum Gasteiger partial charge on any atom is -0.400 e. The Morgan fingerprint density at radius 3 is 2.74 bits per heavy atom. The van der Waals surface area contributed by atoms with Gasteiger partial charge in [-0.2, -0.15) is 5.10 Å². The Labute approximate surface area is 105 Å². The molecular weight excluding hydrogens is 260 g/mol. The number of rotatable bonds is 4. The zero-order chi connectivity index (χ0) is 13.8. The number of halogens is 2. The molecule has 1 N–H and O–H groups in total. The predicted octanol–water partition coefficient (Wildman–Crippen LogP) is 2.91. The van der Waals surface area contributed by atoms with E-state index >= 15 is 0 Å². The van der Waals surface area contributed by atoms with Crippen LogP contribution in [0.25, 0.3) is 0 Å². The molecule has 1 aromatic heterocycles. The first-order valence-electron chi connectivity index (χ1n) is 5.04. The van der Waals surface area contributed by atoms with Gasteiger partial charge >= 0.3 is 5.88 Å². The lowest BCUT2D eigenvalue weighted by molar-refractivity contribution is -0.402. The number of nitrogens with one attached hydrogen (secondary N) is 1. The van der Waals surface area contributed by atoms with Crippen LogP contribution in [0.1, 0.15) is 5.76 Å². The Morgan fingerprint density at radius 2 is 2.11 bits per heavy atom. The van der Waals surface area contributed by atoms with E-state index in [1.54, 1.807) is 0 Å². The van der Waals surface area contributed by atoms with E-state index < -0.39 is 22.4 Å². The van der Waals surface area contributed by atoms with Crippen LogP contribution in [-0.2, 0) is 0 Å². The number of benzene rings is 1. The SMILES string of the molecule is O=[N+]([O-])c1ccc(/C=N\Nc2ccc(F)cc2F)o1. The van der Waals surface area contributed by atoms with E-state index in [-0.39, 0.29) is 11.4 Å². The molecule has 0 spiro atoms. The first-order chi connectivity index (χ1) is 9.06. The molecule has 0 aliphatic heterocycles. The first-order valence-corrected chi connectivity index (χ1v) is 5.04. The van der Waals surface area contributed by atoms with E-state index in [1.165, 1.54) is 18.2 Å². The van der Waals surface area contributed by atoms with Gasteiger partial charge < -0.3 is 4.42 Å². The highest BCUT2D eigenvalue weighted by atomic mass is 19.1. The van der Waals surface area contributed by atoms with Crippen LogP contribution in [0, 0.1) is 21.7 Å². The van der Waals surface area contributed by atoms with E-state index in [4.69, 9.17) is 4.42 Å². The van der Waals surface area contributed by atoms with Crippen molar-refractivity contribution < 1.29 is 18.1 Å². The molecule has 0 saturated carbocycles. The lowest BCUT2D eigenvalue weighted by Crippen LogP contribution is -1.94. The van der Waals surface area contributed by atoms with Crippen molar-refractivity contribution in [1.82, 2.24) is 0 Å². The molecule has 2 aromatic rings. The zero-order valence-electron chi connectivity index (χ0n) is 9.34. The van der Waals surface area contributed by atoms with Crippen LogP contribution in [0.4, 0.5) is 20.4 Å². The van der Waals surface area contributed by atoms with Crippen molar-refractivity contribution in [2.75, 3.05) is 5.43 Å². The van der Waals surface area contributed by atoms with Crippen molar-refractivity contribution in [2.45, 2.75) is 0 Å². The second-order valence-corrected chi connectivity index (χ2v) is 3.43. The summed E-state index contributed by atoms with van der Waals surface area (Å²) >= 11 is 0. The largest absolute Gasteiger partial charge is 0.433 e. The topological polar surface area (TPSA) is 80.7 Å². The normalized spacial score (nSPS) is 10.8. The molecule has 0 bridgehead atoms. The second kappa shape index (κ2) is 5.25. The van der Waals surface area contributed by atoms with Gasteiger partial charge in [0.25, 0.3) is 0 Å². The summed E-state index contributed by atoms with van der Waals surface area (Å²) in [5, 5.41) is 14.0. The Bertz CT molecular complexity index is 640. The summed E-state index contributed by atoms with van der Waals surface area (Å²) in [6.45, 7) is 0. The lowest BCUT2D eigenvalue weighted by atomic mass is 10.3. The van der Waals surface area contributed by atoms with Gasteiger partial charge in [0, 0.05) is 6.07 Å². The maximum Gasteiger partial charge on any atom is 0.433 e. The third kappa shape index (κ3) is 3.12. The number of hydrogen-bond acceptors (Lipinski definition) is 5. The summed E-state index contributed by atoms with van der Waals surface area (Å²) in [6.07, 6.45) is 1.13. The molecule has 2 rings (SSSR count). The fourth-order valence-electron chi connectivity index (χ4n) is 1.26. The number of hydrogen-bond donors (Lipinski definition) is 1. The quantitative estimate of drug-likeness (QED) is 0.524. The number of furan rings is 1. The molecule has 6 nitrogen and oxygen atoms in total. The van der Waals surface area contributed by atoms with E-state index in [2.05, 4.69) is 10.5 Å². The molecule has 19 heavy (non-hydrogen) atoms. The standard InChI is InChI=1S/C11H7F2N3O3/c12-7-1-3-10(9(13)5-7)15-14-6-8-2-4-11(19-8)16(17)18/h1-6,15H/b14-6-. The molecule has 0 aliphatic rings. The molecule has 0 aliphatic carbocycles. The molecular formula is C11H7F2N3O3. The summed E-state index contributed by atoms with van der Waals surface area (Å²) < 4.78 is 30.6. The van der Waals surface area contributed by atoms with E-state index in [0.717, 1.165) is 12.3 Å². The molecule has 98 valence electrons. The van der Waals surface area contributed by atoms with E-state index in [9.17, 15) is 18.9 Å². The van der Waals surface area contributed by atoms with Crippen LogP contribution in [0.15, 0.2) is 39.9 Å². The maximum atomic E-state index is 13.2. The van der Waals surface area contributed by atoms with Gasteiger partial charge in [-0.15, -0.1) is 0 Å². The van der Waals surface area contributed by atoms with Crippen LogP contribution >= 0.6 is 0 Å². The molecule has 0 atom stereocenters. The Balaban J connectivity index is 2.04. The molecule has 0 amide bonds. The monoisotopic (exact) mass is 267 g/mol. The number of nitro groups is 1. The van der Waals surface area contributed by atoms with Gasteiger partial charge in [-0.1, -0.05) is 0 Å². The highest BCUT2D eigenvalue weighted by Crippen LogP contribution is 2.16. The van der Waals surface area contributed by atoms with Gasteiger partial charge in [-0.3, -0.25) is 15.5 Å². The number of hydrazone groups is 1. The van der Waals surface area contributed by atoms with Crippen LogP contribution in [-0.4, -0.2) is 11.1 Å². The van der Waals surface area contributed by atoms with Gasteiger partial charge in [-0.25, -0.2) is 8.78 Å². The van der Waals surface area contributed by atoms with Gasteiger partial charge in [0.15, 0.2) is 11.6 Å². The predicted molar refractivity (Wildman–Crippen MR) is 62.9 cm³/mol. The third-order valence-electron chi connectivity index (χ3n) is 2.10. The van der Waals surface area contributed by atoms with Crippen LogP contribution < -0.4 is 5.43 Å². The van der Waals surface area contributed by atoms with E-state index in [1.807, 2.05) is 0 Å². The fraction of sp³-hybridized carbons (Fsp3) is 0. The van der Waals surface area contributed by atoms with Crippen LogP contribution in [0.3, 0.4) is 0 Å².